The van der Waals surface area contributed by atoms with Crippen molar-refractivity contribution in [3.8, 4) is 0 Å². The lowest BCUT2D eigenvalue weighted by Crippen LogP contribution is -2.28. The molecule has 100 valence electrons. The van der Waals surface area contributed by atoms with Gasteiger partial charge >= 0.3 is 0 Å². The van der Waals surface area contributed by atoms with Crippen LogP contribution in [0.5, 0.6) is 0 Å². The summed E-state index contributed by atoms with van der Waals surface area (Å²) in [5.74, 6) is 0.0179. The van der Waals surface area contributed by atoms with Crippen LogP contribution in [0, 0.1) is 0 Å². The average molecular weight is 322 g/mol. The van der Waals surface area contributed by atoms with Crippen molar-refractivity contribution in [2.45, 2.75) is 20.0 Å². The molecule has 1 amide bonds. The van der Waals surface area contributed by atoms with E-state index in [1.807, 2.05) is 42.9 Å². The molecule has 0 fully saturated rings. The van der Waals surface area contributed by atoms with E-state index in [1.54, 1.807) is 17.3 Å². The first kappa shape index (κ1) is 13.8. The van der Waals surface area contributed by atoms with Gasteiger partial charge in [-0.25, -0.2) is 0 Å². The van der Waals surface area contributed by atoms with Crippen molar-refractivity contribution < 1.29 is 4.79 Å². The van der Waals surface area contributed by atoms with Crippen molar-refractivity contribution in [3.05, 3.63) is 52.5 Å². The Labute approximate surface area is 121 Å². The molecule has 4 nitrogen and oxygen atoms in total. The SMILES string of the molecule is CCn1cc(Br)cc1C(=O)N(C)Cc1ccncc1. The zero-order valence-electron chi connectivity index (χ0n) is 11.0. The Hall–Kier alpha value is -1.62. The molecule has 0 saturated carbocycles. The Balaban J connectivity index is 2.15. The van der Waals surface area contributed by atoms with Crippen molar-refractivity contribution in [2.24, 2.45) is 0 Å². The van der Waals surface area contributed by atoms with Gasteiger partial charge < -0.3 is 9.47 Å². The van der Waals surface area contributed by atoms with Crippen LogP contribution in [0.2, 0.25) is 0 Å². The van der Waals surface area contributed by atoms with Crippen molar-refractivity contribution in [3.63, 3.8) is 0 Å². The molecule has 19 heavy (non-hydrogen) atoms. The van der Waals surface area contributed by atoms with Crippen LogP contribution in [0.1, 0.15) is 23.0 Å². The molecule has 0 aromatic carbocycles. The van der Waals surface area contributed by atoms with E-state index in [-0.39, 0.29) is 5.91 Å². The molecule has 2 heterocycles. The molecule has 0 spiro atoms. The highest BCUT2D eigenvalue weighted by atomic mass is 79.9. The first-order valence-corrected chi connectivity index (χ1v) is 6.91. The number of carbonyl (C=O) groups excluding carboxylic acids is 1. The minimum absolute atomic E-state index is 0.0179. The molecular weight excluding hydrogens is 306 g/mol. The van der Waals surface area contributed by atoms with Crippen LogP contribution in [0.3, 0.4) is 0 Å². The van der Waals surface area contributed by atoms with Gasteiger partial charge in [0.15, 0.2) is 0 Å². The summed E-state index contributed by atoms with van der Waals surface area (Å²) >= 11 is 3.41. The van der Waals surface area contributed by atoms with E-state index >= 15 is 0 Å². The predicted octanol–water partition coefficient (Wildman–Crippen LogP) is 2.94. The van der Waals surface area contributed by atoms with Crippen molar-refractivity contribution in [2.75, 3.05) is 7.05 Å². The second-order valence-electron chi connectivity index (χ2n) is 4.35. The summed E-state index contributed by atoms with van der Waals surface area (Å²) in [4.78, 5) is 18.1. The number of carbonyl (C=O) groups is 1. The highest BCUT2D eigenvalue weighted by Gasteiger charge is 2.16. The number of pyridine rings is 1. The summed E-state index contributed by atoms with van der Waals surface area (Å²) in [6, 6.07) is 5.69. The number of hydrogen-bond acceptors (Lipinski definition) is 2. The zero-order chi connectivity index (χ0) is 13.8. The van der Waals surface area contributed by atoms with Gasteiger partial charge in [-0.15, -0.1) is 0 Å². The van der Waals surface area contributed by atoms with E-state index in [0.29, 0.717) is 12.2 Å². The van der Waals surface area contributed by atoms with Gasteiger partial charge in [0.25, 0.3) is 5.91 Å². The van der Waals surface area contributed by atoms with Crippen LogP contribution in [0.4, 0.5) is 0 Å². The van der Waals surface area contributed by atoms with Crippen molar-refractivity contribution in [1.29, 1.82) is 0 Å². The number of aryl methyl sites for hydroxylation is 1. The van der Waals surface area contributed by atoms with E-state index in [0.717, 1.165) is 16.6 Å². The van der Waals surface area contributed by atoms with Crippen molar-refractivity contribution in [1.82, 2.24) is 14.5 Å². The Morgan fingerprint density at radius 2 is 2.11 bits per heavy atom. The van der Waals surface area contributed by atoms with Crippen LogP contribution < -0.4 is 0 Å². The van der Waals surface area contributed by atoms with E-state index in [4.69, 9.17) is 0 Å². The van der Waals surface area contributed by atoms with Crippen LogP contribution in [0.25, 0.3) is 0 Å². The van der Waals surface area contributed by atoms with Gasteiger partial charge in [0.2, 0.25) is 0 Å². The zero-order valence-corrected chi connectivity index (χ0v) is 12.6. The van der Waals surface area contributed by atoms with Crippen LogP contribution in [-0.4, -0.2) is 27.4 Å². The average Bonchev–Trinajstić information content (AvgIpc) is 2.80. The van der Waals surface area contributed by atoms with Crippen LogP contribution >= 0.6 is 15.9 Å². The largest absolute Gasteiger partial charge is 0.343 e. The van der Waals surface area contributed by atoms with Gasteiger partial charge in [-0.05, 0) is 46.6 Å². The van der Waals surface area contributed by atoms with Crippen LogP contribution in [0.15, 0.2) is 41.3 Å². The van der Waals surface area contributed by atoms with Crippen molar-refractivity contribution >= 4 is 21.8 Å². The highest BCUT2D eigenvalue weighted by molar-refractivity contribution is 9.10. The minimum Gasteiger partial charge on any atom is -0.343 e. The normalized spacial score (nSPS) is 10.5. The Morgan fingerprint density at radius 1 is 1.42 bits per heavy atom. The molecule has 0 aliphatic heterocycles. The smallest absolute Gasteiger partial charge is 0.270 e. The minimum atomic E-state index is 0.0179. The molecule has 0 bridgehead atoms. The second-order valence-corrected chi connectivity index (χ2v) is 5.26. The standard InChI is InChI=1S/C14H16BrN3O/c1-3-18-10-12(15)8-13(18)14(19)17(2)9-11-4-6-16-7-5-11/h4-8,10H,3,9H2,1-2H3. The number of hydrogen-bond donors (Lipinski definition) is 0. The second kappa shape index (κ2) is 6.02. The van der Waals surface area contributed by atoms with E-state index in [2.05, 4.69) is 20.9 Å². The van der Waals surface area contributed by atoms with Gasteiger partial charge in [-0.2, -0.15) is 0 Å². The molecule has 2 aromatic heterocycles. The molecule has 2 aromatic rings. The Kier molecular flexibility index (Phi) is 4.37. The maximum Gasteiger partial charge on any atom is 0.270 e. The molecule has 0 aliphatic rings. The lowest BCUT2D eigenvalue weighted by molar-refractivity contribution is 0.0774. The predicted molar refractivity (Wildman–Crippen MR) is 77.8 cm³/mol. The van der Waals surface area contributed by atoms with Gasteiger partial charge in [-0.3, -0.25) is 9.78 Å². The lowest BCUT2D eigenvalue weighted by Gasteiger charge is -2.18. The summed E-state index contributed by atoms with van der Waals surface area (Å²) in [5, 5.41) is 0. The number of amides is 1. The summed E-state index contributed by atoms with van der Waals surface area (Å²) < 4.78 is 2.87. The van der Waals surface area contributed by atoms with E-state index in [1.165, 1.54) is 0 Å². The topological polar surface area (TPSA) is 38.1 Å². The number of aromatic nitrogens is 2. The van der Waals surface area contributed by atoms with Gasteiger partial charge in [0.1, 0.15) is 5.69 Å². The Morgan fingerprint density at radius 3 is 2.74 bits per heavy atom. The summed E-state index contributed by atoms with van der Waals surface area (Å²) in [5.41, 5.74) is 1.77. The number of nitrogens with zero attached hydrogens (tertiary/aromatic N) is 3. The molecule has 0 unspecified atom stereocenters. The summed E-state index contributed by atoms with van der Waals surface area (Å²) in [7, 11) is 1.81. The molecule has 5 heteroatoms. The fraction of sp³-hybridized carbons (Fsp3) is 0.286. The first-order chi connectivity index (χ1) is 9.11. The molecule has 2 rings (SSSR count). The van der Waals surface area contributed by atoms with Gasteiger partial charge in [-0.1, -0.05) is 0 Å². The number of rotatable bonds is 4. The molecule has 0 saturated heterocycles. The molecular formula is C14H16BrN3O. The summed E-state index contributed by atoms with van der Waals surface area (Å²) in [6.07, 6.45) is 5.39. The maximum absolute atomic E-state index is 12.4. The first-order valence-electron chi connectivity index (χ1n) is 6.12. The lowest BCUT2D eigenvalue weighted by atomic mass is 10.2. The maximum atomic E-state index is 12.4. The molecule has 0 aliphatic carbocycles. The van der Waals surface area contributed by atoms with Gasteiger partial charge in [0, 0.05) is 43.2 Å². The van der Waals surface area contributed by atoms with E-state index in [9.17, 15) is 4.79 Å². The van der Waals surface area contributed by atoms with Gasteiger partial charge in [0.05, 0.1) is 0 Å². The quantitative estimate of drug-likeness (QED) is 0.868. The van der Waals surface area contributed by atoms with Crippen LogP contribution in [-0.2, 0) is 13.1 Å². The fourth-order valence-electron chi connectivity index (χ4n) is 1.94. The van der Waals surface area contributed by atoms with E-state index < -0.39 is 0 Å². The molecule has 0 atom stereocenters. The molecule has 0 radical (unpaired) electrons. The Bertz CT molecular complexity index is 565. The fourth-order valence-corrected chi connectivity index (χ4v) is 2.41. The third-order valence-corrected chi connectivity index (χ3v) is 3.37. The molecule has 0 N–H and O–H groups in total. The highest BCUT2D eigenvalue weighted by Crippen LogP contribution is 2.17. The summed E-state index contributed by atoms with van der Waals surface area (Å²) in [6.45, 7) is 3.37. The third-order valence-electron chi connectivity index (χ3n) is 2.94. The number of halogens is 1. The third kappa shape index (κ3) is 3.23. The monoisotopic (exact) mass is 321 g/mol.